The van der Waals surface area contributed by atoms with E-state index in [-0.39, 0.29) is 45.6 Å². The SMILES string of the molecule is CC(=O)Cc1cc(O)cc2oc3cc(O)cc(O)c3c(=O)c12. The average molecular weight is 300 g/mol. The van der Waals surface area contributed by atoms with Gasteiger partial charge in [0.1, 0.15) is 39.6 Å². The molecule has 112 valence electrons. The molecule has 0 radical (unpaired) electrons. The number of carbonyl (C=O) groups is 1. The maximum atomic E-state index is 12.6. The number of carbonyl (C=O) groups excluding carboxylic acids is 1. The van der Waals surface area contributed by atoms with E-state index in [9.17, 15) is 24.9 Å². The zero-order chi connectivity index (χ0) is 16.0. The van der Waals surface area contributed by atoms with Crippen molar-refractivity contribution < 1.29 is 24.5 Å². The highest BCUT2D eigenvalue weighted by Crippen LogP contribution is 2.32. The highest BCUT2D eigenvalue weighted by molar-refractivity contribution is 5.97. The van der Waals surface area contributed by atoms with Crippen LogP contribution >= 0.6 is 0 Å². The molecular weight excluding hydrogens is 288 g/mol. The van der Waals surface area contributed by atoms with Crippen LogP contribution in [-0.4, -0.2) is 21.1 Å². The van der Waals surface area contributed by atoms with Crippen molar-refractivity contribution in [1.29, 1.82) is 0 Å². The zero-order valence-corrected chi connectivity index (χ0v) is 11.6. The van der Waals surface area contributed by atoms with E-state index < -0.39 is 11.2 Å². The fraction of sp³-hybridized carbons (Fsp3) is 0.125. The lowest BCUT2D eigenvalue weighted by atomic mass is 10.0. The molecule has 2 aromatic carbocycles. The Kier molecular flexibility index (Phi) is 3.02. The van der Waals surface area contributed by atoms with Crippen LogP contribution in [0.1, 0.15) is 12.5 Å². The second kappa shape index (κ2) is 4.77. The molecule has 22 heavy (non-hydrogen) atoms. The summed E-state index contributed by atoms with van der Waals surface area (Å²) in [5.74, 6) is -0.985. The largest absolute Gasteiger partial charge is 0.508 e. The van der Waals surface area contributed by atoms with Gasteiger partial charge in [0.25, 0.3) is 0 Å². The van der Waals surface area contributed by atoms with Gasteiger partial charge in [-0.05, 0) is 18.6 Å². The molecule has 3 N–H and O–H groups in total. The molecule has 0 aliphatic rings. The molecule has 0 unspecified atom stereocenters. The molecule has 0 atom stereocenters. The van der Waals surface area contributed by atoms with Gasteiger partial charge < -0.3 is 19.7 Å². The number of benzene rings is 2. The van der Waals surface area contributed by atoms with Gasteiger partial charge in [0.15, 0.2) is 0 Å². The Labute approximate surface area is 123 Å². The Bertz CT molecular complexity index is 983. The molecule has 0 aliphatic carbocycles. The normalized spacial score (nSPS) is 11.1. The van der Waals surface area contributed by atoms with E-state index in [0.717, 1.165) is 6.07 Å². The predicted molar refractivity (Wildman–Crippen MR) is 79.4 cm³/mol. The van der Waals surface area contributed by atoms with E-state index in [4.69, 9.17) is 4.42 Å². The summed E-state index contributed by atoms with van der Waals surface area (Å²) in [5, 5.41) is 29.1. The molecule has 0 bridgehead atoms. The molecule has 1 aromatic heterocycles. The summed E-state index contributed by atoms with van der Waals surface area (Å²) in [4.78, 5) is 24.0. The van der Waals surface area contributed by atoms with Crippen molar-refractivity contribution in [2.75, 3.05) is 0 Å². The molecule has 0 spiro atoms. The summed E-state index contributed by atoms with van der Waals surface area (Å²) in [7, 11) is 0. The number of aromatic hydroxyl groups is 3. The number of Topliss-reactive ketones (excluding diaryl/α,β-unsaturated/α-hetero) is 1. The molecule has 0 amide bonds. The van der Waals surface area contributed by atoms with Gasteiger partial charge in [-0.1, -0.05) is 0 Å². The highest BCUT2D eigenvalue weighted by atomic mass is 16.3. The number of hydrogen-bond acceptors (Lipinski definition) is 6. The van der Waals surface area contributed by atoms with Crippen LogP contribution in [0.25, 0.3) is 21.9 Å². The molecule has 3 aromatic rings. The molecule has 3 rings (SSSR count). The minimum Gasteiger partial charge on any atom is -0.508 e. The van der Waals surface area contributed by atoms with Gasteiger partial charge >= 0.3 is 0 Å². The Morgan fingerprint density at radius 3 is 2.23 bits per heavy atom. The first-order valence-corrected chi connectivity index (χ1v) is 6.50. The van der Waals surface area contributed by atoms with Gasteiger partial charge in [-0.25, -0.2) is 0 Å². The summed E-state index contributed by atoms with van der Waals surface area (Å²) in [5.41, 5.74) is -0.122. The van der Waals surface area contributed by atoms with Crippen LogP contribution in [0.3, 0.4) is 0 Å². The zero-order valence-electron chi connectivity index (χ0n) is 11.6. The molecule has 0 saturated heterocycles. The van der Waals surface area contributed by atoms with Crippen molar-refractivity contribution in [3.05, 3.63) is 40.1 Å². The van der Waals surface area contributed by atoms with Crippen molar-refractivity contribution in [1.82, 2.24) is 0 Å². The summed E-state index contributed by atoms with van der Waals surface area (Å²) >= 11 is 0. The lowest BCUT2D eigenvalue weighted by molar-refractivity contribution is -0.116. The van der Waals surface area contributed by atoms with Crippen LogP contribution in [0.4, 0.5) is 0 Å². The van der Waals surface area contributed by atoms with Gasteiger partial charge in [0, 0.05) is 24.6 Å². The third-order valence-corrected chi connectivity index (χ3v) is 3.35. The van der Waals surface area contributed by atoms with Crippen LogP contribution < -0.4 is 5.43 Å². The van der Waals surface area contributed by atoms with Gasteiger partial charge in [-0.3, -0.25) is 9.59 Å². The third-order valence-electron chi connectivity index (χ3n) is 3.35. The molecular formula is C16H12O6. The first-order chi connectivity index (χ1) is 10.4. The monoisotopic (exact) mass is 300 g/mol. The molecule has 0 saturated carbocycles. The standard InChI is InChI=1S/C16H12O6/c1-7(17)2-8-3-9(18)5-12-14(8)16(21)15-11(20)4-10(19)6-13(15)22-12/h3-6,18-20H,2H2,1H3. The maximum Gasteiger partial charge on any atom is 0.204 e. The Hall–Kier alpha value is -3.02. The van der Waals surface area contributed by atoms with Crippen molar-refractivity contribution >= 4 is 27.7 Å². The minimum atomic E-state index is -0.523. The third kappa shape index (κ3) is 2.14. The number of ketones is 1. The van der Waals surface area contributed by atoms with E-state index in [2.05, 4.69) is 0 Å². The summed E-state index contributed by atoms with van der Waals surface area (Å²) in [6, 6.07) is 4.81. The second-order valence-electron chi connectivity index (χ2n) is 5.13. The number of hydrogen-bond donors (Lipinski definition) is 3. The molecule has 0 aliphatic heterocycles. The Morgan fingerprint density at radius 1 is 1.00 bits per heavy atom. The van der Waals surface area contributed by atoms with E-state index >= 15 is 0 Å². The van der Waals surface area contributed by atoms with Crippen molar-refractivity contribution in [3.8, 4) is 17.2 Å². The summed E-state index contributed by atoms with van der Waals surface area (Å²) in [6.45, 7) is 1.37. The fourth-order valence-corrected chi connectivity index (χ4v) is 2.54. The number of phenols is 3. The summed E-state index contributed by atoms with van der Waals surface area (Å²) < 4.78 is 5.50. The first kappa shape index (κ1) is 13.9. The van der Waals surface area contributed by atoms with E-state index in [0.29, 0.717) is 5.56 Å². The highest BCUT2D eigenvalue weighted by Gasteiger charge is 2.17. The van der Waals surface area contributed by atoms with Gasteiger partial charge in [-0.15, -0.1) is 0 Å². The maximum absolute atomic E-state index is 12.6. The van der Waals surface area contributed by atoms with Crippen LogP contribution in [0.2, 0.25) is 0 Å². The van der Waals surface area contributed by atoms with Gasteiger partial charge in [0.2, 0.25) is 5.43 Å². The quantitative estimate of drug-likeness (QED) is 0.626. The van der Waals surface area contributed by atoms with E-state index in [1.165, 1.54) is 25.1 Å². The minimum absolute atomic E-state index is 0.00521. The van der Waals surface area contributed by atoms with Crippen LogP contribution in [0.15, 0.2) is 33.5 Å². The van der Waals surface area contributed by atoms with Crippen molar-refractivity contribution in [2.45, 2.75) is 13.3 Å². The topological polar surface area (TPSA) is 108 Å². The van der Waals surface area contributed by atoms with Crippen LogP contribution in [0, 0.1) is 0 Å². The Balaban J connectivity index is 2.52. The fourth-order valence-electron chi connectivity index (χ4n) is 2.54. The molecule has 0 fully saturated rings. The van der Waals surface area contributed by atoms with E-state index in [1.54, 1.807) is 0 Å². The second-order valence-corrected chi connectivity index (χ2v) is 5.13. The molecule has 6 nitrogen and oxygen atoms in total. The number of phenolic OH excluding ortho intramolecular Hbond substituents is 3. The van der Waals surface area contributed by atoms with Gasteiger partial charge in [-0.2, -0.15) is 0 Å². The summed E-state index contributed by atoms with van der Waals surface area (Å²) in [6.07, 6.45) is -0.0417. The van der Waals surface area contributed by atoms with Crippen molar-refractivity contribution in [2.24, 2.45) is 0 Å². The lowest BCUT2D eigenvalue weighted by Crippen LogP contribution is -2.08. The average Bonchev–Trinajstić information content (AvgIpc) is 2.35. The van der Waals surface area contributed by atoms with Gasteiger partial charge in [0.05, 0.1) is 5.39 Å². The lowest BCUT2D eigenvalue weighted by Gasteiger charge is -2.08. The first-order valence-electron chi connectivity index (χ1n) is 6.50. The van der Waals surface area contributed by atoms with Crippen LogP contribution in [-0.2, 0) is 11.2 Å². The Morgan fingerprint density at radius 2 is 1.59 bits per heavy atom. The van der Waals surface area contributed by atoms with E-state index in [1.807, 2.05) is 0 Å². The van der Waals surface area contributed by atoms with Crippen LogP contribution in [0.5, 0.6) is 17.2 Å². The number of fused-ring (bicyclic) bond motifs is 2. The number of rotatable bonds is 2. The van der Waals surface area contributed by atoms with Crippen molar-refractivity contribution in [3.63, 3.8) is 0 Å². The predicted octanol–water partition coefficient (Wildman–Crippen LogP) is 2.19. The smallest absolute Gasteiger partial charge is 0.204 e. The molecule has 6 heteroatoms. The molecule has 1 heterocycles.